The molecule has 1 saturated carbocycles. The maximum absolute atomic E-state index is 10.0. The zero-order valence-electron chi connectivity index (χ0n) is 9.37. The molecule has 4 nitrogen and oxygen atoms in total. The zero-order chi connectivity index (χ0) is 12.3. The van der Waals surface area contributed by atoms with Crippen molar-refractivity contribution >= 4 is 33.3 Å². The fraction of sp³-hybridized carbons (Fsp3) is 0.636. The van der Waals surface area contributed by atoms with Crippen LogP contribution in [0.4, 0.5) is 5.82 Å². The minimum Gasteiger partial charge on any atom is -0.391 e. The van der Waals surface area contributed by atoms with Gasteiger partial charge in [0, 0.05) is 6.20 Å². The van der Waals surface area contributed by atoms with Crippen molar-refractivity contribution in [3.63, 3.8) is 0 Å². The third-order valence-corrected chi connectivity index (χ3v) is 3.78. The molecule has 0 saturated heterocycles. The Labute approximate surface area is 114 Å². The van der Waals surface area contributed by atoms with E-state index in [1.54, 1.807) is 6.20 Å². The van der Waals surface area contributed by atoms with Crippen molar-refractivity contribution in [3.05, 3.63) is 16.0 Å². The third-order valence-electron chi connectivity index (χ3n) is 3.02. The average molecular weight is 321 g/mol. The van der Waals surface area contributed by atoms with Crippen LogP contribution in [0.2, 0.25) is 5.28 Å². The summed E-state index contributed by atoms with van der Waals surface area (Å²) in [5, 5.41) is 13.5. The highest BCUT2D eigenvalue weighted by atomic mass is 79.9. The standard InChI is InChI=1S/C11H15BrClN3O/c12-7-6-14-11(13)16-10(7)15-8-4-2-1-3-5-9(8)17/h6,8-9,17H,1-5H2,(H,14,15,16). The summed E-state index contributed by atoms with van der Waals surface area (Å²) >= 11 is 9.13. The van der Waals surface area contributed by atoms with Crippen molar-refractivity contribution in [2.75, 3.05) is 5.32 Å². The second-order valence-corrected chi connectivity index (χ2v) is 5.48. The Bertz CT molecular complexity index is 391. The summed E-state index contributed by atoms with van der Waals surface area (Å²) in [6.07, 6.45) is 6.49. The molecule has 6 heteroatoms. The summed E-state index contributed by atoms with van der Waals surface area (Å²) in [4.78, 5) is 7.99. The highest BCUT2D eigenvalue weighted by molar-refractivity contribution is 9.10. The van der Waals surface area contributed by atoms with Crippen molar-refractivity contribution in [2.24, 2.45) is 0 Å². The van der Waals surface area contributed by atoms with Gasteiger partial charge in [0.05, 0.1) is 16.6 Å². The van der Waals surface area contributed by atoms with E-state index in [4.69, 9.17) is 11.6 Å². The molecule has 1 aliphatic carbocycles. The van der Waals surface area contributed by atoms with Gasteiger partial charge in [-0.3, -0.25) is 0 Å². The second kappa shape index (κ2) is 5.98. The molecule has 94 valence electrons. The molecule has 0 spiro atoms. The molecule has 1 fully saturated rings. The maximum Gasteiger partial charge on any atom is 0.224 e. The van der Waals surface area contributed by atoms with Gasteiger partial charge >= 0.3 is 0 Å². The fourth-order valence-corrected chi connectivity index (χ4v) is 2.52. The van der Waals surface area contributed by atoms with Gasteiger partial charge in [-0.25, -0.2) is 4.98 Å². The van der Waals surface area contributed by atoms with Gasteiger partial charge in [-0.1, -0.05) is 19.3 Å². The quantitative estimate of drug-likeness (QED) is 0.650. The van der Waals surface area contributed by atoms with Gasteiger partial charge in [0.25, 0.3) is 0 Å². The molecular formula is C11H15BrClN3O. The van der Waals surface area contributed by atoms with Crippen molar-refractivity contribution in [1.82, 2.24) is 9.97 Å². The number of anilines is 1. The monoisotopic (exact) mass is 319 g/mol. The first-order chi connectivity index (χ1) is 8.16. The van der Waals surface area contributed by atoms with Crippen LogP contribution in [0.1, 0.15) is 32.1 Å². The van der Waals surface area contributed by atoms with Crippen LogP contribution in [0, 0.1) is 0 Å². The lowest BCUT2D eigenvalue weighted by Crippen LogP contribution is -2.33. The highest BCUT2D eigenvalue weighted by Gasteiger charge is 2.22. The number of rotatable bonds is 2. The molecule has 2 N–H and O–H groups in total. The summed E-state index contributed by atoms with van der Waals surface area (Å²) in [6, 6.07) is 0.0415. The lowest BCUT2D eigenvalue weighted by molar-refractivity contribution is 0.144. The number of nitrogens with zero attached hydrogens (tertiary/aromatic N) is 2. The Morgan fingerprint density at radius 1 is 1.35 bits per heavy atom. The van der Waals surface area contributed by atoms with Crippen LogP contribution in [0.5, 0.6) is 0 Å². The lowest BCUT2D eigenvalue weighted by atomic mass is 10.1. The largest absolute Gasteiger partial charge is 0.391 e. The van der Waals surface area contributed by atoms with E-state index in [0.29, 0.717) is 5.82 Å². The summed E-state index contributed by atoms with van der Waals surface area (Å²) in [7, 11) is 0. The maximum atomic E-state index is 10.0. The van der Waals surface area contributed by atoms with Crippen LogP contribution < -0.4 is 5.32 Å². The van der Waals surface area contributed by atoms with Gasteiger partial charge in [0.1, 0.15) is 5.82 Å². The third kappa shape index (κ3) is 3.53. The summed E-state index contributed by atoms with van der Waals surface area (Å²) in [6.45, 7) is 0. The van der Waals surface area contributed by atoms with E-state index >= 15 is 0 Å². The molecule has 0 amide bonds. The molecule has 1 heterocycles. The van der Waals surface area contributed by atoms with E-state index in [0.717, 1.165) is 30.2 Å². The number of halogens is 2. The number of hydrogen-bond acceptors (Lipinski definition) is 4. The van der Waals surface area contributed by atoms with Gasteiger partial charge in [0.2, 0.25) is 5.28 Å². The Morgan fingerprint density at radius 2 is 2.12 bits per heavy atom. The molecular weight excluding hydrogens is 305 g/mol. The Hall–Kier alpha value is -0.390. The molecule has 0 bridgehead atoms. The van der Waals surface area contributed by atoms with E-state index in [-0.39, 0.29) is 17.4 Å². The van der Waals surface area contributed by atoms with E-state index in [1.165, 1.54) is 6.42 Å². The minimum atomic E-state index is -0.321. The summed E-state index contributed by atoms with van der Waals surface area (Å²) in [5.41, 5.74) is 0. The Morgan fingerprint density at radius 3 is 2.94 bits per heavy atom. The Balaban J connectivity index is 2.10. The first kappa shape index (κ1) is 13.1. The number of aromatic nitrogens is 2. The highest BCUT2D eigenvalue weighted by Crippen LogP contribution is 2.25. The predicted molar refractivity (Wildman–Crippen MR) is 71.2 cm³/mol. The SMILES string of the molecule is OC1CCCCCC1Nc1nc(Cl)ncc1Br. The average Bonchev–Trinajstić information content (AvgIpc) is 2.50. The summed E-state index contributed by atoms with van der Waals surface area (Å²) in [5.74, 6) is 0.649. The normalized spacial score (nSPS) is 25.4. The molecule has 2 unspecified atom stereocenters. The van der Waals surface area contributed by atoms with Gasteiger partial charge in [0.15, 0.2) is 0 Å². The van der Waals surface area contributed by atoms with Crippen molar-refractivity contribution in [1.29, 1.82) is 0 Å². The minimum absolute atomic E-state index is 0.0415. The number of nitrogens with one attached hydrogen (secondary N) is 1. The molecule has 0 radical (unpaired) electrons. The molecule has 2 rings (SSSR count). The first-order valence-corrected chi connectivity index (χ1v) is 6.96. The zero-order valence-corrected chi connectivity index (χ0v) is 11.7. The van der Waals surface area contributed by atoms with Gasteiger partial charge in [-0.05, 0) is 40.4 Å². The van der Waals surface area contributed by atoms with E-state index < -0.39 is 0 Å². The van der Waals surface area contributed by atoms with Crippen LogP contribution in [-0.2, 0) is 0 Å². The molecule has 2 atom stereocenters. The number of aliphatic hydroxyl groups is 1. The van der Waals surface area contributed by atoms with Gasteiger partial charge in [-0.2, -0.15) is 4.98 Å². The summed E-state index contributed by atoms with van der Waals surface area (Å²) < 4.78 is 0.762. The van der Waals surface area contributed by atoms with Crippen LogP contribution >= 0.6 is 27.5 Å². The fourth-order valence-electron chi connectivity index (χ4n) is 2.08. The van der Waals surface area contributed by atoms with Crippen molar-refractivity contribution in [3.8, 4) is 0 Å². The second-order valence-electron chi connectivity index (χ2n) is 4.29. The molecule has 17 heavy (non-hydrogen) atoms. The van der Waals surface area contributed by atoms with Crippen LogP contribution in [0.3, 0.4) is 0 Å². The van der Waals surface area contributed by atoms with Crippen LogP contribution in [0.25, 0.3) is 0 Å². The topological polar surface area (TPSA) is 58.0 Å². The number of hydrogen-bond donors (Lipinski definition) is 2. The predicted octanol–water partition coefficient (Wildman–Crippen LogP) is 3.00. The van der Waals surface area contributed by atoms with E-state index in [2.05, 4.69) is 31.2 Å². The molecule has 0 aliphatic heterocycles. The van der Waals surface area contributed by atoms with Crippen LogP contribution in [-0.4, -0.2) is 27.2 Å². The van der Waals surface area contributed by atoms with E-state index in [9.17, 15) is 5.11 Å². The molecule has 1 aromatic heterocycles. The molecule has 1 aromatic rings. The number of aliphatic hydroxyl groups excluding tert-OH is 1. The van der Waals surface area contributed by atoms with E-state index in [1.807, 2.05) is 0 Å². The molecule has 1 aliphatic rings. The lowest BCUT2D eigenvalue weighted by Gasteiger charge is -2.22. The smallest absolute Gasteiger partial charge is 0.224 e. The van der Waals surface area contributed by atoms with Crippen LogP contribution in [0.15, 0.2) is 10.7 Å². The Kier molecular flexibility index (Phi) is 4.59. The van der Waals surface area contributed by atoms with Crippen molar-refractivity contribution in [2.45, 2.75) is 44.2 Å². The first-order valence-electron chi connectivity index (χ1n) is 5.79. The van der Waals surface area contributed by atoms with Gasteiger partial charge in [-0.15, -0.1) is 0 Å². The van der Waals surface area contributed by atoms with Gasteiger partial charge < -0.3 is 10.4 Å². The van der Waals surface area contributed by atoms with Crippen molar-refractivity contribution < 1.29 is 5.11 Å². The molecule has 0 aromatic carbocycles.